The number of unbranched alkanes of at least 4 members (excludes halogenated alkanes) is 2. The standard InChI is InChI=1S/C34H54O2/c1-11-13-25-29(31(3,4)5)33(9,27-21-17-15-18-22-27)35-36-34(10,28-23-19-16-20-24-28)30(26-14-12-2)32(6,7)8/h15-24,29-30H,11-14,25-26H2,1-10H3. The summed E-state index contributed by atoms with van der Waals surface area (Å²) in [7, 11) is 0. The van der Waals surface area contributed by atoms with Gasteiger partial charge in [0.1, 0.15) is 11.2 Å². The molecule has 2 rings (SSSR count). The van der Waals surface area contributed by atoms with Gasteiger partial charge in [-0.15, -0.1) is 0 Å². The molecule has 0 saturated carbocycles. The minimum absolute atomic E-state index is 0.0535. The fraction of sp³-hybridized carbons (Fsp3) is 0.647. The second-order valence-electron chi connectivity index (χ2n) is 13.2. The fourth-order valence-corrected chi connectivity index (χ4v) is 6.21. The Hall–Kier alpha value is -1.64. The summed E-state index contributed by atoms with van der Waals surface area (Å²) in [6.45, 7) is 23.1. The molecule has 0 fully saturated rings. The van der Waals surface area contributed by atoms with Gasteiger partial charge in [0.25, 0.3) is 0 Å². The molecule has 202 valence electrons. The van der Waals surface area contributed by atoms with Gasteiger partial charge in [-0.05, 0) is 60.5 Å². The van der Waals surface area contributed by atoms with Gasteiger partial charge in [0.15, 0.2) is 0 Å². The quantitative estimate of drug-likeness (QED) is 0.204. The largest absolute Gasteiger partial charge is 0.224 e. The van der Waals surface area contributed by atoms with Crippen molar-refractivity contribution in [3.8, 4) is 0 Å². The van der Waals surface area contributed by atoms with Gasteiger partial charge in [0.2, 0.25) is 0 Å². The van der Waals surface area contributed by atoms with Gasteiger partial charge in [-0.2, -0.15) is 0 Å². The Morgan fingerprint density at radius 3 is 1.08 bits per heavy atom. The summed E-state index contributed by atoms with van der Waals surface area (Å²) in [6.07, 6.45) is 6.87. The van der Waals surface area contributed by atoms with E-state index in [1.54, 1.807) is 0 Å². The Kier molecular flexibility index (Phi) is 10.8. The van der Waals surface area contributed by atoms with E-state index in [1.807, 2.05) is 0 Å². The van der Waals surface area contributed by atoms with Crippen molar-refractivity contribution < 1.29 is 9.78 Å². The zero-order valence-electron chi connectivity index (χ0n) is 25.0. The third-order valence-corrected chi connectivity index (χ3v) is 8.20. The number of rotatable bonds is 13. The molecule has 0 heterocycles. The molecule has 0 N–H and O–H groups in total. The minimum Gasteiger partial charge on any atom is -0.224 e. The van der Waals surface area contributed by atoms with Crippen molar-refractivity contribution in [1.29, 1.82) is 0 Å². The number of hydrogen-bond acceptors (Lipinski definition) is 2. The predicted molar refractivity (Wildman–Crippen MR) is 155 cm³/mol. The molecule has 0 aromatic heterocycles. The molecule has 2 nitrogen and oxygen atoms in total. The van der Waals surface area contributed by atoms with E-state index in [4.69, 9.17) is 9.78 Å². The Morgan fingerprint density at radius 2 is 0.833 bits per heavy atom. The van der Waals surface area contributed by atoms with Crippen molar-refractivity contribution in [2.24, 2.45) is 22.7 Å². The van der Waals surface area contributed by atoms with Crippen molar-refractivity contribution in [2.45, 2.75) is 119 Å². The molecule has 0 radical (unpaired) electrons. The Balaban J connectivity index is 2.62. The maximum atomic E-state index is 6.88. The van der Waals surface area contributed by atoms with Crippen LogP contribution in [0.2, 0.25) is 0 Å². The van der Waals surface area contributed by atoms with Crippen LogP contribution in [0.4, 0.5) is 0 Å². The summed E-state index contributed by atoms with van der Waals surface area (Å²) in [5.74, 6) is 0.576. The lowest BCUT2D eigenvalue weighted by molar-refractivity contribution is -0.443. The zero-order chi connectivity index (χ0) is 27.0. The van der Waals surface area contributed by atoms with Crippen LogP contribution in [0.15, 0.2) is 60.7 Å². The second-order valence-corrected chi connectivity index (χ2v) is 13.2. The molecule has 2 aromatic carbocycles. The number of hydrogen-bond donors (Lipinski definition) is 0. The summed E-state index contributed by atoms with van der Waals surface area (Å²) in [5, 5.41) is 0. The van der Waals surface area contributed by atoms with E-state index in [2.05, 4.69) is 130 Å². The Morgan fingerprint density at radius 1 is 0.528 bits per heavy atom. The molecule has 36 heavy (non-hydrogen) atoms. The van der Waals surface area contributed by atoms with Gasteiger partial charge < -0.3 is 0 Å². The monoisotopic (exact) mass is 494 g/mol. The lowest BCUT2D eigenvalue weighted by Crippen LogP contribution is -2.47. The summed E-state index contributed by atoms with van der Waals surface area (Å²) in [6, 6.07) is 21.4. The molecule has 2 aromatic rings. The normalized spacial score (nSPS) is 17.7. The van der Waals surface area contributed by atoms with Crippen LogP contribution in [0.1, 0.15) is 119 Å². The SMILES string of the molecule is CCCCC(C(C)(C)C)C(C)(OOC(C)(c1ccccc1)C(CCCC)C(C)(C)C)c1ccccc1. The molecule has 4 unspecified atom stereocenters. The molecule has 4 atom stereocenters. The predicted octanol–water partition coefficient (Wildman–Crippen LogP) is 10.5. The summed E-state index contributed by atoms with van der Waals surface area (Å²) in [5.41, 5.74) is 1.29. The lowest BCUT2D eigenvalue weighted by Gasteiger charge is -2.49. The molecule has 0 aliphatic heterocycles. The highest BCUT2D eigenvalue weighted by Gasteiger charge is 2.49. The van der Waals surface area contributed by atoms with Crippen molar-refractivity contribution in [3.63, 3.8) is 0 Å². The van der Waals surface area contributed by atoms with Crippen molar-refractivity contribution >= 4 is 0 Å². The smallest absolute Gasteiger partial charge is 0.129 e. The van der Waals surface area contributed by atoms with E-state index < -0.39 is 11.2 Å². The average molecular weight is 495 g/mol. The molecule has 2 heteroatoms. The fourth-order valence-electron chi connectivity index (χ4n) is 6.21. The maximum absolute atomic E-state index is 6.88. The first-order valence-corrected chi connectivity index (χ1v) is 14.3. The van der Waals surface area contributed by atoms with E-state index in [0.29, 0.717) is 0 Å². The van der Waals surface area contributed by atoms with Gasteiger partial charge in [-0.25, -0.2) is 9.78 Å². The molecule has 0 amide bonds. The minimum atomic E-state index is -0.585. The molecular formula is C34H54O2. The summed E-state index contributed by atoms with van der Waals surface area (Å²) in [4.78, 5) is 13.8. The van der Waals surface area contributed by atoms with Crippen LogP contribution in [0.3, 0.4) is 0 Å². The van der Waals surface area contributed by atoms with Gasteiger partial charge in [0.05, 0.1) is 0 Å². The van der Waals surface area contributed by atoms with Crippen LogP contribution < -0.4 is 0 Å². The maximum Gasteiger partial charge on any atom is 0.129 e. The topological polar surface area (TPSA) is 18.5 Å². The van der Waals surface area contributed by atoms with Crippen LogP contribution in [-0.4, -0.2) is 0 Å². The lowest BCUT2D eigenvalue weighted by atomic mass is 9.66. The highest BCUT2D eigenvalue weighted by molar-refractivity contribution is 5.25. The van der Waals surface area contributed by atoms with Crippen LogP contribution >= 0.6 is 0 Å². The van der Waals surface area contributed by atoms with Crippen LogP contribution in [-0.2, 0) is 21.0 Å². The van der Waals surface area contributed by atoms with Crippen molar-refractivity contribution in [3.05, 3.63) is 71.8 Å². The van der Waals surface area contributed by atoms with E-state index in [1.165, 1.54) is 36.8 Å². The van der Waals surface area contributed by atoms with Crippen LogP contribution in [0.5, 0.6) is 0 Å². The van der Waals surface area contributed by atoms with E-state index >= 15 is 0 Å². The van der Waals surface area contributed by atoms with Gasteiger partial charge in [0, 0.05) is 0 Å². The average Bonchev–Trinajstić information content (AvgIpc) is 2.82. The molecule has 0 spiro atoms. The Bertz CT molecular complexity index is 801. The summed E-state index contributed by atoms with van der Waals surface area (Å²) >= 11 is 0. The van der Waals surface area contributed by atoms with Gasteiger partial charge >= 0.3 is 0 Å². The van der Waals surface area contributed by atoms with Crippen molar-refractivity contribution in [1.82, 2.24) is 0 Å². The van der Waals surface area contributed by atoms with E-state index in [-0.39, 0.29) is 22.7 Å². The van der Waals surface area contributed by atoms with Gasteiger partial charge in [-0.3, -0.25) is 0 Å². The first kappa shape index (κ1) is 30.6. The highest BCUT2D eigenvalue weighted by atomic mass is 17.2. The second kappa shape index (κ2) is 12.7. The zero-order valence-corrected chi connectivity index (χ0v) is 25.0. The van der Waals surface area contributed by atoms with Crippen LogP contribution in [0.25, 0.3) is 0 Å². The highest BCUT2D eigenvalue weighted by Crippen LogP contribution is 2.51. The molecule has 0 bridgehead atoms. The van der Waals surface area contributed by atoms with E-state index in [9.17, 15) is 0 Å². The molecule has 0 saturated heterocycles. The van der Waals surface area contributed by atoms with Crippen LogP contribution in [0, 0.1) is 22.7 Å². The van der Waals surface area contributed by atoms with E-state index in [0.717, 1.165) is 12.8 Å². The molecule has 0 aliphatic rings. The summed E-state index contributed by atoms with van der Waals surface area (Å²) < 4.78 is 0. The first-order valence-electron chi connectivity index (χ1n) is 14.3. The molecule has 0 aliphatic carbocycles. The first-order chi connectivity index (χ1) is 16.8. The Labute approximate surface area is 223 Å². The van der Waals surface area contributed by atoms with Gasteiger partial charge in [-0.1, -0.05) is 142 Å². The number of benzene rings is 2. The van der Waals surface area contributed by atoms with Crippen molar-refractivity contribution in [2.75, 3.05) is 0 Å². The third-order valence-electron chi connectivity index (χ3n) is 8.20. The molecular weight excluding hydrogens is 440 g/mol. The third kappa shape index (κ3) is 7.45.